The van der Waals surface area contributed by atoms with Gasteiger partial charge in [-0.3, -0.25) is 9.48 Å². The number of para-hydroxylation sites is 1. The number of anilines is 1. The number of aromatic nitrogens is 3. The van der Waals surface area contributed by atoms with E-state index >= 15 is 0 Å². The van der Waals surface area contributed by atoms with Crippen LogP contribution in [0.15, 0.2) is 55.0 Å². The third-order valence-electron chi connectivity index (χ3n) is 5.47. The van der Waals surface area contributed by atoms with Crippen LogP contribution >= 0.6 is 0 Å². The molecule has 2 heterocycles. The summed E-state index contributed by atoms with van der Waals surface area (Å²) in [5.74, 6) is -3.69. The molecule has 3 N–H and O–H groups in total. The van der Waals surface area contributed by atoms with Crippen LogP contribution < -0.4 is 15.8 Å². The molecule has 9 heteroatoms. The van der Waals surface area contributed by atoms with Crippen LogP contribution in [0.1, 0.15) is 23.2 Å². The number of nitrogens with one attached hydrogen (secondary N) is 1. The van der Waals surface area contributed by atoms with Gasteiger partial charge in [0.25, 0.3) is 11.8 Å². The molecule has 162 valence electrons. The second-order valence-electron chi connectivity index (χ2n) is 7.69. The first kappa shape index (κ1) is 20.8. The summed E-state index contributed by atoms with van der Waals surface area (Å²) in [6.07, 6.45) is 4.83. The van der Waals surface area contributed by atoms with E-state index in [4.69, 9.17) is 10.5 Å². The first-order valence-electron chi connectivity index (χ1n) is 9.94. The van der Waals surface area contributed by atoms with Gasteiger partial charge < -0.3 is 15.8 Å². The molecule has 1 saturated carbocycles. The molecule has 2 aromatic heterocycles. The minimum absolute atomic E-state index is 0.0245. The van der Waals surface area contributed by atoms with Crippen molar-refractivity contribution in [2.75, 3.05) is 12.3 Å². The van der Waals surface area contributed by atoms with Crippen molar-refractivity contribution in [3.8, 4) is 16.9 Å². The zero-order valence-electron chi connectivity index (χ0n) is 17.0. The number of pyridine rings is 1. The number of alkyl halides is 2. The van der Waals surface area contributed by atoms with E-state index in [-0.39, 0.29) is 30.8 Å². The monoisotopic (exact) mass is 427 g/mol. The lowest BCUT2D eigenvalue weighted by molar-refractivity contribution is -0.0258. The lowest BCUT2D eigenvalue weighted by Crippen LogP contribution is -2.48. The van der Waals surface area contributed by atoms with Gasteiger partial charge in [-0.15, -0.1) is 0 Å². The first-order valence-corrected chi connectivity index (χ1v) is 9.94. The molecule has 1 fully saturated rings. The second kappa shape index (κ2) is 8.33. The highest BCUT2D eigenvalue weighted by Gasteiger charge is 2.51. The van der Waals surface area contributed by atoms with Crippen LogP contribution in [0.3, 0.4) is 0 Å². The van der Waals surface area contributed by atoms with Crippen LogP contribution in [0.5, 0.6) is 5.75 Å². The fourth-order valence-electron chi connectivity index (χ4n) is 3.77. The number of hydrogen-bond acceptors (Lipinski definition) is 5. The highest BCUT2D eigenvalue weighted by atomic mass is 19.3. The van der Waals surface area contributed by atoms with Crippen molar-refractivity contribution < 1.29 is 18.3 Å². The largest absolute Gasteiger partial charge is 0.493 e. The smallest absolute Gasteiger partial charge is 0.268 e. The van der Waals surface area contributed by atoms with Crippen LogP contribution in [-0.2, 0) is 7.05 Å². The normalized spacial score (nSPS) is 19.8. The Bertz CT molecular complexity index is 1070. The van der Waals surface area contributed by atoms with Crippen LogP contribution in [0.4, 0.5) is 14.6 Å². The molecule has 2 atom stereocenters. The van der Waals surface area contributed by atoms with Crippen LogP contribution in [0.2, 0.25) is 0 Å². The zero-order valence-corrected chi connectivity index (χ0v) is 17.0. The number of halogens is 2. The van der Waals surface area contributed by atoms with E-state index in [1.54, 1.807) is 36.3 Å². The molecule has 0 radical (unpaired) electrons. The fraction of sp³-hybridized carbons (Fsp3) is 0.318. The van der Waals surface area contributed by atoms with E-state index in [9.17, 15) is 13.6 Å². The van der Waals surface area contributed by atoms with E-state index in [0.717, 1.165) is 5.56 Å². The van der Waals surface area contributed by atoms with Gasteiger partial charge in [-0.05, 0) is 24.6 Å². The number of ether oxygens (including phenoxy) is 1. The van der Waals surface area contributed by atoms with Crippen molar-refractivity contribution in [3.05, 3.63) is 60.6 Å². The topological polar surface area (TPSA) is 95.1 Å². The predicted molar refractivity (Wildman–Crippen MR) is 112 cm³/mol. The molecule has 1 aliphatic rings. The van der Waals surface area contributed by atoms with Crippen molar-refractivity contribution in [1.29, 1.82) is 0 Å². The number of nitrogen functional groups attached to an aromatic ring is 1. The maximum Gasteiger partial charge on any atom is 0.268 e. The lowest BCUT2D eigenvalue weighted by atomic mass is 10.0. The lowest BCUT2D eigenvalue weighted by Gasteiger charge is -2.26. The molecule has 1 aliphatic carbocycles. The van der Waals surface area contributed by atoms with Crippen LogP contribution in [-0.4, -0.2) is 39.2 Å². The van der Waals surface area contributed by atoms with E-state index in [1.165, 1.54) is 12.3 Å². The van der Waals surface area contributed by atoms with Gasteiger partial charge in [0.05, 0.1) is 24.4 Å². The summed E-state index contributed by atoms with van der Waals surface area (Å²) in [4.78, 5) is 17.0. The quantitative estimate of drug-likeness (QED) is 0.630. The Morgan fingerprint density at radius 1 is 1.29 bits per heavy atom. The molecule has 3 aromatic rings. The predicted octanol–water partition coefficient (Wildman–Crippen LogP) is 3.29. The van der Waals surface area contributed by atoms with E-state index in [0.29, 0.717) is 11.3 Å². The van der Waals surface area contributed by atoms with Crippen LogP contribution in [0, 0.1) is 5.92 Å². The molecule has 0 saturated heterocycles. The van der Waals surface area contributed by atoms with E-state index in [1.807, 2.05) is 18.2 Å². The number of amides is 1. The molecule has 7 nitrogen and oxygen atoms in total. The first-order chi connectivity index (χ1) is 14.8. The molecule has 31 heavy (non-hydrogen) atoms. The number of aryl methyl sites for hydroxylation is 1. The summed E-state index contributed by atoms with van der Waals surface area (Å²) in [7, 11) is 1.77. The highest BCUT2D eigenvalue weighted by Crippen LogP contribution is 2.40. The van der Waals surface area contributed by atoms with Gasteiger partial charge in [0.1, 0.15) is 11.6 Å². The Balaban J connectivity index is 1.51. The summed E-state index contributed by atoms with van der Waals surface area (Å²) in [5, 5.41) is 6.58. The summed E-state index contributed by atoms with van der Waals surface area (Å²) < 4.78 is 36.4. The molecular formula is C22H23F2N5O2. The van der Waals surface area contributed by atoms with Gasteiger partial charge in [0.15, 0.2) is 0 Å². The minimum Gasteiger partial charge on any atom is -0.493 e. The maximum atomic E-state index is 14.6. The summed E-state index contributed by atoms with van der Waals surface area (Å²) in [5.41, 5.74) is 7.29. The van der Waals surface area contributed by atoms with Gasteiger partial charge in [-0.1, -0.05) is 18.2 Å². The summed E-state index contributed by atoms with van der Waals surface area (Å²) in [6.45, 7) is 0.0774. The average Bonchev–Trinajstić information content (AvgIpc) is 3.31. The standard InChI is InChI=1S/C22H23F2N5O2/c1-29-12-16(11-27-29)15-9-18(20(25)26-10-15)21(30)28-19-14(7-8-22(19,23)24)13-31-17-5-3-2-4-6-17/h2-6,9-12,14,19H,7-8,13H2,1H3,(H2,25,26)(H,28,30)/t14-,19?/m1/s1. The third-order valence-corrected chi connectivity index (χ3v) is 5.47. The molecule has 1 unspecified atom stereocenters. The number of rotatable bonds is 6. The maximum absolute atomic E-state index is 14.6. The Morgan fingerprint density at radius 2 is 2.06 bits per heavy atom. The Kier molecular flexibility index (Phi) is 5.58. The summed E-state index contributed by atoms with van der Waals surface area (Å²) in [6, 6.07) is 9.17. The number of nitrogens with two attached hydrogens (primary N) is 1. The number of hydrogen-bond donors (Lipinski definition) is 2. The molecule has 0 aliphatic heterocycles. The van der Waals surface area contributed by atoms with Crippen molar-refractivity contribution in [1.82, 2.24) is 20.1 Å². The Hall–Kier alpha value is -3.49. The molecule has 0 spiro atoms. The molecular weight excluding hydrogens is 404 g/mol. The van der Waals surface area contributed by atoms with Gasteiger partial charge in [-0.25, -0.2) is 13.8 Å². The molecule has 1 aromatic carbocycles. The number of benzene rings is 1. The SMILES string of the molecule is Cn1cc(-c2cnc(N)c(C(=O)NC3[C@@H](COc4ccccc4)CCC3(F)F)c2)cn1. The van der Waals surface area contributed by atoms with Gasteiger partial charge in [0.2, 0.25) is 0 Å². The van der Waals surface area contributed by atoms with E-state index < -0.39 is 23.8 Å². The highest BCUT2D eigenvalue weighted by molar-refractivity contribution is 5.99. The fourth-order valence-corrected chi connectivity index (χ4v) is 3.77. The number of carbonyl (C=O) groups excluding carboxylic acids is 1. The Labute approximate surface area is 178 Å². The van der Waals surface area contributed by atoms with Gasteiger partial charge in [0, 0.05) is 42.9 Å². The van der Waals surface area contributed by atoms with Gasteiger partial charge >= 0.3 is 0 Å². The zero-order chi connectivity index (χ0) is 22.0. The van der Waals surface area contributed by atoms with Crippen LogP contribution in [0.25, 0.3) is 11.1 Å². The van der Waals surface area contributed by atoms with Crippen molar-refractivity contribution in [3.63, 3.8) is 0 Å². The van der Waals surface area contributed by atoms with E-state index in [2.05, 4.69) is 15.4 Å². The molecule has 0 bridgehead atoms. The van der Waals surface area contributed by atoms with Gasteiger partial charge in [-0.2, -0.15) is 5.10 Å². The van der Waals surface area contributed by atoms with Crippen molar-refractivity contribution in [2.24, 2.45) is 13.0 Å². The Morgan fingerprint density at radius 3 is 2.77 bits per heavy atom. The minimum atomic E-state index is -3.04. The number of carbonyl (C=O) groups is 1. The molecule has 4 rings (SSSR count). The van der Waals surface area contributed by atoms with Crippen molar-refractivity contribution in [2.45, 2.75) is 24.8 Å². The second-order valence-corrected chi connectivity index (χ2v) is 7.69. The van der Waals surface area contributed by atoms with Crippen molar-refractivity contribution >= 4 is 11.7 Å². The summed E-state index contributed by atoms with van der Waals surface area (Å²) >= 11 is 0. The third kappa shape index (κ3) is 4.50. The number of nitrogens with zero attached hydrogens (tertiary/aromatic N) is 3. The molecule has 1 amide bonds. The average molecular weight is 427 g/mol.